The lowest BCUT2D eigenvalue weighted by molar-refractivity contribution is 0.233. The molecule has 0 bridgehead atoms. The molecule has 0 aromatic heterocycles. The van der Waals surface area contributed by atoms with Crippen LogP contribution in [0.1, 0.15) is 17.3 Å². The van der Waals surface area contributed by atoms with Crippen LogP contribution in [0.4, 0.5) is 0 Å². The van der Waals surface area contributed by atoms with Crippen molar-refractivity contribution in [2.75, 3.05) is 37.9 Å². The first-order chi connectivity index (χ1) is 10.0. The summed E-state index contributed by atoms with van der Waals surface area (Å²) in [7, 11) is -4.82. The molecule has 1 heterocycles. The standard InChI is InChI=1S/C7H15Cl2N2O2P/c8-2-5-11(6-3-9)14(12)10-4-1-7-13-14/h1-7H2,(H,10,12)/i1D2,2D2,5D2,7D2/hD. The lowest BCUT2D eigenvalue weighted by Gasteiger charge is -2.33. The van der Waals surface area contributed by atoms with Crippen LogP contribution < -0.4 is 5.08 Å². The van der Waals surface area contributed by atoms with Gasteiger partial charge in [0.1, 0.15) is 1.41 Å². The quantitative estimate of drug-likeness (QED) is 0.612. The van der Waals surface area contributed by atoms with Gasteiger partial charge in [-0.15, -0.1) is 23.2 Å². The van der Waals surface area contributed by atoms with Gasteiger partial charge in [0, 0.05) is 39.5 Å². The van der Waals surface area contributed by atoms with Crippen molar-refractivity contribution in [3.05, 3.63) is 0 Å². The number of alkyl halides is 2. The van der Waals surface area contributed by atoms with Gasteiger partial charge >= 0.3 is 7.67 Å². The van der Waals surface area contributed by atoms with E-state index < -0.39 is 46.0 Å². The van der Waals surface area contributed by atoms with Crippen LogP contribution in [0.3, 0.4) is 0 Å². The summed E-state index contributed by atoms with van der Waals surface area (Å²) in [5.74, 6) is -3.41. The molecule has 0 aromatic rings. The summed E-state index contributed by atoms with van der Waals surface area (Å²) in [5, 5.41) is 0.0708. The number of hydrogen-bond donors (Lipinski definition) is 1. The summed E-state index contributed by atoms with van der Waals surface area (Å²) in [6.45, 7) is -7.80. The third kappa shape index (κ3) is 3.37. The number of nitrogens with zero attached hydrogens (tertiary/aromatic N) is 1. The SMILES string of the molecule is [2H]N1CC([2H])([2H])C([2H])([2H])OP1(=O)N(CCCl)C([2H])([2H])C([2H])([2H])Cl. The third-order valence-electron chi connectivity index (χ3n) is 1.34. The zero-order valence-electron chi connectivity index (χ0n) is 16.0. The van der Waals surface area contributed by atoms with Gasteiger partial charge in [-0.1, -0.05) is 0 Å². The normalized spacial score (nSPS) is 48.4. The summed E-state index contributed by atoms with van der Waals surface area (Å²) in [6.07, 6.45) is -2.69. The zero-order chi connectivity index (χ0) is 18.5. The van der Waals surface area contributed by atoms with E-state index in [1.807, 2.05) is 0 Å². The van der Waals surface area contributed by atoms with Crippen molar-refractivity contribution in [3.63, 3.8) is 0 Å². The fraction of sp³-hybridized carbons (Fsp3) is 1.00. The minimum absolute atomic E-state index is 0.0708. The van der Waals surface area contributed by atoms with Crippen LogP contribution in [0.2, 0.25) is 1.41 Å². The van der Waals surface area contributed by atoms with Gasteiger partial charge < -0.3 is 4.52 Å². The Kier molecular flexibility index (Phi) is 2.21. The first-order valence-corrected chi connectivity index (χ1v) is 6.08. The molecule has 0 aromatic carbocycles. The second-order valence-corrected chi connectivity index (χ2v) is 4.68. The highest BCUT2D eigenvalue weighted by molar-refractivity contribution is 7.54. The summed E-state index contributed by atoms with van der Waals surface area (Å²) < 4.78 is 85.8. The molecule has 0 aliphatic carbocycles. The Labute approximate surface area is 107 Å². The minimum Gasteiger partial charge on any atom is -0.306 e. The molecule has 1 saturated heterocycles. The molecule has 7 heteroatoms. The van der Waals surface area contributed by atoms with E-state index in [9.17, 15) is 4.57 Å². The summed E-state index contributed by atoms with van der Waals surface area (Å²) >= 11 is 10.9. The molecule has 4 nitrogen and oxygen atoms in total. The van der Waals surface area contributed by atoms with Crippen molar-refractivity contribution in [1.29, 1.82) is 0 Å². The van der Waals surface area contributed by atoms with Gasteiger partial charge in [-0.2, -0.15) is 0 Å². The van der Waals surface area contributed by atoms with Crippen molar-refractivity contribution >= 4 is 30.9 Å². The second kappa shape index (κ2) is 6.31. The molecule has 1 unspecified atom stereocenters. The minimum atomic E-state index is -4.82. The van der Waals surface area contributed by atoms with Gasteiger partial charge in [0.05, 0.1) is 9.30 Å². The van der Waals surface area contributed by atoms with Gasteiger partial charge in [0.25, 0.3) is 0 Å². The van der Waals surface area contributed by atoms with Crippen LogP contribution in [0.15, 0.2) is 0 Å². The Morgan fingerprint density at radius 1 is 1.79 bits per heavy atom. The van der Waals surface area contributed by atoms with Crippen LogP contribution in [-0.4, -0.2) is 42.5 Å². The average molecular weight is 270 g/mol. The molecule has 14 heavy (non-hydrogen) atoms. The van der Waals surface area contributed by atoms with Crippen molar-refractivity contribution in [1.82, 2.24) is 9.75 Å². The van der Waals surface area contributed by atoms with Crippen LogP contribution in [0.5, 0.6) is 0 Å². The van der Waals surface area contributed by atoms with Crippen LogP contribution in [0.25, 0.3) is 0 Å². The first kappa shape index (κ1) is 4.91. The fourth-order valence-corrected chi connectivity index (χ4v) is 2.50. The van der Waals surface area contributed by atoms with Gasteiger partial charge in [-0.25, -0.2) is 9.75 Å². The predicted molar refractivity (Wildman–Crippen MR) is 59.2 cm³/mol. The van der Waals surface area contributed by atoms with Gasteiger partial charge in [0.15, 0.2) is 0 Å². The Balaban J connectivity index is 3.39. The van der Waals surface area contributed by atoms with E-state index in [1.165, 1.54) is 0 Å². The Morgan fingerprint density at radius 3 is 3.21 bits per heavy atom. The molecule has 1 atom stereocenters. The van der Waals surface area contributed by atoms with Crippen LogP contribution >= 0.6 is 30.9 Å². The lowest BCUT2D eigenvalue weighted by Crippen LogP contribution is -2.35. The highest BCUT2D eigenvalue weighted by Gasteiger charge is 2.32. The zero-order valence-corrected chi connectivity index (χ0v) is 9.44. The number of hydrogen-bond acceptors (Lipinski definition) is 2. The third-order valence-corrected chi connectivity index (χ3v) is 3.33. The van der Waals surface area contributed by atoms with E-state index >= 15 is 0 Å². The van der Waals surface area contributed by atoms with E-state index in [4.69, 9.17) is 35.6 Å². The van der Waals surface area contributed by atoms with Crippen LogP contribution in [-0.2, 0) is 9.09 Å². The molecule has 1 N–H and O–H groups in total. The second-order valence-electron chi connectivity index (χ2n) is 2.18. The van der Waals surface area contributed by atoms with E-state index in [0.29, 0.717) is 0 Å². The summed E-state index contributed by atoms with van der Waals surface area (Å²) in [4.78, 5) is 0. The van der Waals surface area contributed by atoms with E-state index in [2.05, 4.69) is 4.52 Å². The molecule has 1 aliphatic heterocycles. The molecule has 1 rings (SSSR count). The van der Waals surface area contributed by atoms with Gasteiger partial charge in [-0.3, -0.25) is 4.57 Å². The van der Waals surface area contributed by atoms with E-state index in [1.54, 1.807) is 0 Å². The van der Waals surface area contributed by atoms with Gasteiger partial charge in [0.2, 0.25) is 0 Å². The summed E-state index contributed by atoms with van der Waals surface area (Å²) in [6, 6.07) is 0. The maximum atomic E-state index is 13.0. The van der Waals surface area contributed by atoms with Gasteiger partial charge in [-0.05, 0) is 6.37 Å². The highest BCUT2D eigenvalue weighted by Crippen LogP contribution is 2.47. The van der Waals surface area contributed by atoms with Crippen molar-refractivity contribution in [2.45, 2.75) is 6.37 Å². The molecule has 0 saturated carbocycles. The average Bonchev–Trinajstić information content (AvgIpc) is 2.31. The first-order valence-electron chi connectivity index (χ1n) is 8.08. The number of rotatable bonds is 5. The topological polar surface area (TPSA) is 41.6 Å². The molecule has 1 fully saturated rings. The predicted octanol–water partition coefficient (Wildman–Crippen LogP) is 1.88. The largest absolute Gasteiger partial charge is 0.343 e. The molecule has 0 amide bonds. The van der Waals surface area contributed by atoms with Crippen LogP contribution in [0, 0.1) is 0 Å². The number of halogens is 2. The summed E-state index contributed by atoms with van der Waals surface area (Å²) in [5.41, 5.74) is 0. The molecule has 0 spiro atoms. The van der Waals surface area contributed by atoms with Crippen molar-refractivity contribution < 1.29 is 21.5 Å². The molecular weight excluding hydrogens is 246 g/mol. The molecular formula is C7H15Cl2N2O2P. The monoisotopic (exact) mass is 269 g/mol. The highest BCUT2D eigenvalue weighted by atomic mass is 35.5. The number of nitrogens with one attached hydrogen (secondary N) is 1. The Morgan fingerprint density at radius 2 is 2.57 bits per heavy atom. The maximum absolute atomic E-state index is 13.0. The van der Waals surface area contributed by atoms with Crippen molar-refractivity contribution in [3.8, 4) is 0 Å². The Hall–Kier alpha value is 0.690. The van der Waals surface area contributed by atoms with E-state index in [-0.39, 0.29) is 15.6 Å². The van der Waals surface area contributed by atoms with E-state index in [0.717, 1.165) is 0 Å². The molecule has 1 aliphatic rings. The smallest absolute Gasteiger partial charge is 0.306 e. The fourth-order valence-electron chi connectivity index (χ4n) is 0.778. The maximum Gasteiger partial charge on any atom is 0.343 e. The Bertz CT molecular complexity index is 503. The molecule has 0 radical (unpaired) electrons. The molecule has 84 valence electrons. The lowest BCUT2D eigenvalue weighted by atomic mass is 10.5. The van der Waals surface area contributed by atoms with Crippen molar-refractivity contribution in [2.24, 2.45) is 0 Å².